The molecule has 0 heterocycles. The van der Waals surface area contributed by atoms with E-state index in [2.05, 4.69) is 0 Å². The maximum atomic E-state index is 13.6. The van der Waals surface area contributed by atoms with Gasteiger partial charge in [0.25, 0.3) is 0 Å². The average molecular weight is 192 g/mol. The molecular weight excluding hydrogens is 173 g/mol. The summed E-state index contributed by atoms with van der Waals surface area (Å²) in [5.41, 5.74) is 0. The number of alkyl halides is 2. The van der Waals surface area contributed by atoms with Gasteiger partial charge in [0, 0.05) is 24.8 Å². The maximum Gasteiger partial charge on any atom is 0.248 e. The minimum Gasteiger partial charge on any atom is -0.393 e. The van der Waals surface area contributed by atoms with Crippen molar-refractivity contribution in [1.29, 1.82) is 0 Å². The quantitative estimate of drug-likeness (QED) is 0.608. The zero-order chi connectivity index (χ0) is 10.7. The largest absolute Gasteiger partial charge is 0.393 e. The normalized spacial score (nSPS) is 13.5. The third-order valence-electron chi connectivity index (χ3n) is 2.56. The van der Waals surface area contributed by atoms with Crippen LogP contribution in [-0.4, -0.2) is 26.8 Å². The monoisotopic (exact) mass is 192 g/mol. The lowest BCUT2D eigenvalue weighted by molar-refractivity contribution is -0.0791. The Morgan fingerprint density at radius 3 is 2.08 bits per heavy atom. The molecule has 0 atom stereocenters. The van der Waals surface area contributed by atoms with E-state index in [4.69, 9.17) is 4.74 Å². The molecule has 0 aromatic carbocycles. The van der Waals surface area contributed by atoms with E-state index in [0.717, 1.165) is 0 Å². The molecule has 0 fully saturated rings. The van der Waals surface area contributed by atoms with E-state index in [1.54, 1.807) is 27.7 Å². The zero-order valence-corrected chi connectivity index (χ0v) is 9.16. The Bertz CT molecular complexity index is 158. The molecule has 0 aliphatic rings. The Hall–Kier alpha value is -0.115. The van der Waals surface area contributed by atoms with Crippen LogP contribution >= 0.6 is 0 Å². The Kier molecular flexibility index (Phi) is 4.36. The van der Waals surface area contributed by atoms with Crippen LogP contribution in [-0.2, 0) is 4.74 Å². The van der Waals surface area contributed by atoms with E-state index in [0.29, 0.717) is 13.8 Å². The smallest absolute Gasteiger partial charge is 0.248 e. The fraction of sp³-hybridized carbons (Fsp3) is 1.00. The second-order valence-corrected chi connectivity index (χ2v) is 4.40. The van der Waals surface area contributed by atoms with Crippen LogP contribution in [0.25, 0.3) is 0 Å². The number of rotatable bonds is 5. The fourth-order valence-electron chi connectivity index (χ4n) is 1.31. The lowest BCUT2D eigenvalue weighted by atomic mass is 9.50. The van der Waals surface area contributed by atoms with Crippen LogP contribution in [0.2, 0.25) is 5.31 Å². The first-order valence-electron chi connectivity index (χ1n) is 4.62. The van der Waals surface area contributed by atoms with Gasteiger partial charge in [-0.15, -0.1) is 0 Å². The van der Waals surface area contributed by atoms with Gasteiger partial charge in [-0.2, -0.15) is 0 Å². The molecule has 0 unspecified atom stereocenters. The number of hydrogen-bond acceptors (Lipinski definition) is 1. The van der Waals surface area contributed by atoms with Gasteiger partial charge < -0.3 is 4.74 Å². The molecule has 0 bridgehead atoms. The van der Waals surface area contributed by atoms with Crippen molar-refractivity contribution in [3.63, 3.8) is 0 Å². The molecule has 0 saturated heterocycles. The van der Waals surface area contributed by atoms with E-state index in [1.807, 2.05) is 0 Å². The second kappa shape index (κ2) is 4.40. The van der Waals surface area contributed by atoms with Crippen LogP contribution in [0.1, 0.15) is 27.7 Å². The summed E-state index contributed by atoms with van der Waals surface area (Å²) in [6.45, 7) is 6.66. The SMILES string of the molecule is COCBC(C)(C)C(F)(F)C(C)C. The van der Waals surface area contributed by atoms with Gasteiger partial charge in [0.2, 0.25) is 5.92 Å². The number of hydrogen-bond donors (Lipinski definition) is 0. The van der Waals surface area contributed by atoms with E-state index in [-0.39, 0.29) is 0 Å². The highest BCUT2D eigenvalue weighted by Gasteiger charge is 2.48. The number of halogens is 2. The molecule has 0 rings (SSSR count). The Balaban J connectivity index is 4.41. The summed E-state index contributed by atoms with van der Waals surface area (Å²) < 4.78 is 32.0. The standard InChI is InChI=1S/C9H19BF2O/c1-7(2)9(11,12)8(3,4)10-6-13-5/h7,10H,6H2,1-5H3. The molecule has 78 valence electrons. The lowest BCUT2D eigenvalue weighted by Crippen LogP contribution is -2.41. The molecular formula is C9H19BF2O. The van der Waals surface area contributed by atoms with Gasteiger partial charge >= 0.3 is 0 Å². The number of ether oxygens (including phenoxy) is 1. The van der Waals surface area contributed by atoms with Gasteiger partial charge in [-0.05, 0) is 0 Å². The molecule has 0 saturated carbocycles. The van der Waals surface area contributed by atoms with Crippen molar-refractivity contribution in [3.8, 4) is 0 Å². The van der Waals surface area contributed by atoms with Crippen molar-refractivity contribution < 1.29 is 13.5 Å². The molecule has 0 radical (unpaired) electrons. The van der Waals surface area contributed by atoms with Gasteiger partial charge in [0.15, 0.2) is 7.28 Å². The lowest BCUT2D eigenvalue weighted by Gasteiger charge is -2.36. The molecule has 13 heavy (non-hydrogen) atoms. The Labute approximate surface area is 80.1 Å². The predicted octanol–water partition coefficient (Wildman–Crippen LogP) is 2.52. The van der Waals surface area contributed by atoms with Crippen molar-refractivity contribution in [2.75, 3.05) is 13.6 Å². The molecule has 0 aromatic rings. The first-order valence-corrected chi connectivity index (χ1v) is 4.62. The van der Waals surface area contributed by atoms with Crippen molar-refractivity contribution in [2.45, 2.75) is 38.9 Å². The van der Waals surface area contributed by atoms with Gasteiger partial charge in [0.1, 0.15) is 0 Å². The highest BCUT2D eigenvalue weighted by Crippen LogP contribution is 2.46. The Morgan fingerprint density at radius 2 is 1.77 bits per heavy atom. The highest BCUT2D eigenvalue weighted by molar-refractivity contribution is 6.40. The summed E-state index contributed by atoms with van der Waals surface area (Å²) in [4.78, 5) is 0. The molecule has 1 nitrogen and oxygen atoms in total. The van der Waals surface area contributed by atoms with Crippen LogP contribution < -0.4 is 0 Å². The minimum atomic E-state index is -2.63. The summed E-state index contributed by atoms with van der Waals surface area (Å²) in [5.74, 6) is -3.26. The third kappa shape index (κ3) is 2.94. The second-order valence-electron chi connectivity index (χ2n) is 4.40. The molecule has 0 aromatic heterocycles. The molecule has 4 heteroatoms. The fourth-order valence-corrected chi connectivity index (χ4v) is 1.31. The van der Waals surface area contributed by atoms with Crippen LogP contribution in [0.4, 0.5) is 8.78 Å². The van der Waals surface area contributed by atoms with Gasteiger partial charge in [0.05, 0.1) is 0 Å². The van der Waals surface area contributed by atoms with Gasteiger partial charge in [-0.3, -0.25) is 0 Å². The highest BCUT2D eigenvalue weighted by atomic mass is 19.3. The van der Waals surface area contributed by atoms with E-state index >= 15 is 0 Å². The van der Waals surface area contributed by atoms with E-state index in [9.17, 15) is 8.78 Å². The van der Waals surface area contributed by atoms with Crippen LogP contribution in [0.3, 0.4) is 0 Å². The zero-order valence-electron chi connectivity index (χ0n) is 9.16. The summed E-state index contributed by atoms with van der Waals surface area (Å²) in [5, 5.41) is -0.989. The minimum absolute atomic E-state index is 0.384. The molecule has 0 aliphatic carbocycles. The van der Waals surface area contributed by atoms with Crippen molar-refractivity contribution in [3.05, 3.63) is 0 Å². The third-order valence-corrected chi connectivity index (χ3v) is 2.56. The molecule has 0 aliphatic heterocycles. The predicted molar refractivity (Wildman–Crippen MR) is 52.9 cm³/mol. The summed E-state index contributed by atoms with van der Waals surface area (Å²) in [6.07, 6.45) is 0. The van der Waals surface area contributed by atoms with E-state index < -0.39 is 17.2 Å². The molecule has 0 N–H and O–H groups in total. The van der Waals surface area contributed by atoms with Gasteiger partial charge in [-0.1, -0.05) is 27.7 Å². The van der Waals surface area contributed by atoms with Crippen LogP contribution in [0.15, 0.2) is 0 Å². The van der Waals surface area contributed by atoms with Crippen molar-refractivity contribution >= 4 is 7.28 Å². The molecule has 0 amide bonds. The first-order chi connectivity index (χ1) is 5.75. The van der Waals surface area contributed by atoms with Crippen LogP contribution in [0.5, 0.6) is 0 Å². The topological polar surface area (TPSA) is 9.23 Å². The van der Waals surface area contributed by atoms with Crippen molar-refractivity contribution in [1.82, 2.24) is 0 Å². The van der Waals surface area contributed by atoms with E-state index in [1.165, 1.54) is 7.11 Å². The van der Waals surface area contributed by atoms with Gasteiger partial charge in [-0.25, -0.2) is 8.78 Å². The summed E-state index contributed by atoms with van der Waals surface area (Å²) in [6, 6.07) is 0. The van der Waals surface area contributed by atoms with Crippen molar-refractivity contribution in [2.24, 2.45) is 5.92 Å². The number of methoxy groups -OCH3 is 1. The molecule has 0 spiro atoms. The Morgan fingerprint density at radius 1 is 1.31 bits per heavy atom. The maximum absolute atomic E-state index is 13.6. The van der Waals surface area contributed by atoms with Crippen LogP contribution in [0, 0.1) is 5.92 Å². The average Bonchev–Trinajstić information content (AvgIpc) is 2.00. The first kappa shape index (κ1) is 12.9. The summed E-state index contributed by atoms with van der Waals surface area (Å²) in [7, 11) is 1.91. The summed E-state index contributed by atoms with van der Waals surface area (Å²) >= 11 is 0.